The van der Waals surface area contributed by atoms with Crippen LogP contribution in [-0.2, 0) is 0 Å². The minimum atomic E-state index is 0.141. The van der Waals surface area contributed by atoms with Gasteiger partial charge in [-0.05, 0) is 19.4 Å². The summed E-state index contributed by atoms with van der Waals surface area (Å²) in [6, 6.07) is 0.391. The number of piperazine rings is 1. The van der Waals surface area contributed by atoms with Crippen molar-refractivity contribution >= 4 is 5.91 Å². The van der Waals surface area contributed by atoms with Gasteiger partial charge in [0.2, 0.25) is 0 Å². The van der Waals surface area contributed by atoms with Crippen LogP contribution in [0, 0.1) is 6.92 Å². The van der Waals surface area contributed by atoms with Gasteiger partial charge in [-0.3, -0.25) is 4.79 Å². The van der Waals surface area contributed by atoms with Gasteiger partial charge in [0.15, 0.2) is 0 Å². The first kappa shape index (κ1) is 10.2. The van der Waals surface area contributed by atoms with Crippen molar-refractivity contribution in [2.75, 3.05) is 19.6 Å². The summed E-state index contributed by atoms with van der Waals surface area (Å²) in [6.45, 7) is 6.53. The Morgan fingerprint density at radius 2 is 2.33 bits per heavy atom. The van der Waals surface area contributed by atoms with Crippen LogP contribution in [0.3, 0.4) is 0 Å². The molecule has 1 unspecified atom stereocenters. The summed E-state index contributed by atoms with van der Waals surface area (Å²) >= 11 is 0. The summed E-state index contributed by atoms with van der Waals surface area (Å²) in [5, 5.41) is 3.33. The van der Waals surface area contributed by atoms with Crippen molar-refractivity contribution in [2.45, 2.75) is 19.9 Å². The van der Waals surface area contributed by atoms with E-state index >= 15 is 0 Å². The zero-order valence-electron chi connectivity index (χ0n) is 9.21. The number of carbonyl (C=O) groups excluding carboxylic acids is 1. The molecule has 0 aliphatic carbocycles. The molecule has 1 amide bonds. The molecular formula is C11H17N3O. The summed E-state index contributed by atoms with van der Waals surface area (Å²) in [5.41, 5.74) is 1.82. The second-order valence-corrected chi connectivity index (χ2v) is 4.16. The normalized spacial score (nSPS) is 21.7. The number of aromatic amines is 1. The molecule has 2 rings (SSSR count). The molecule has 2 heterocycles. The van der Waals surface area contributed by atoms with Crippen LogP contribution in [0.5, 0.6) is 0 Å². The zero-order chi connectivity index (χ0) is 10.8. The molecule has 15 heavy (non-hydrogen) atoms. The lowest BCUT2D eigenvalue weighted by molar-refractivity contribution is 0.0708. The predicted octanol–water partition coefficient (Wildman–Crippen LogP) is 0.757. The Morgan fingerprint density at radius 1 is 1.53 bits per heavy atom. The smallest absolute Gasteiger partial charge is 0.255 e. The second-order valence-electron chi connectivity index (χ2n) is 4.16. The lowest BCUT2D eigenvalue weighted by atomic mass is 10.1. The van der Waals surface area contributed by atoms with Gasteiger partial charge in [0.05, 0.1) is 5.56 Å². The molecule has 1 aliphatic heterocycles. The van der Waals surface area contributed by atoms with Crippen LogP contribution >= 0.6 is 0 Å². The van der Waals surface area contributed by atoms with Gasteiger partial charge in [-0.15, -0.1) is 0 Å². The van der Waals surface area contributed by atoms with Gasteiger partial charge in [-0.2, -0.15) is 0 Å². The fraction of sp³-hybridized carbons (Fsp3) is 0.545. The van der Waals surface area contributed by atoms with E-state index in [4.69, 9.17) is 0 Å². The highest BCUT2D eigenvalue weighted by Crippen LogP contribution is 2.11. The van der Waals surface area contributed by atoms with E-state index in [0.29, 0.717) is 6.04 Å². The van der Waals surface area contributed by atoms with E-state index in [-0.39, 0.29) is 5.91 Å². The largest absolute Gasteiger partial charge is 0.367 e. The van der Waals surface area contributed by atoms with Crippen molar-refractivity contribution in [3.63, 3.8) is 0 Å². The molecule has 0 spiro atoms. The van der Waals surface area contributed by atoms with Gasteiger partial charge in [0.1, 0.15) is 0 Å². The number of carbonyl (C=O) groups is 1. The number of nitrogens with one attached hydrogen (secondary N) is 2. The molecule has 82 valence electrons. The van der Waals surface area contributed by atoms with E-state index < -0.39 is 0 Å². The Balaban J connectivity index is 2.11. The third kappa shape index (κ3) is 2.04. The lowest BCUT2D eigenvalue weighted by Crippen LogP contribution is -2.51. The maximum Gasteiger partial charge on any atom is 0.255 e. The van der Waals surface area contributed by atoms with Crippen LogP contribution in [0.25, 0.3) is 0 Å². The molecule has 1 aromatic heterocycles. The third-order valence-electron chi connectivity index (χ3n) is 2.84. The van der Waals surface area contributed by atoms with Gasteiger partial charge < -0.3 is 15.2 Å². The molecule has 1 atom stereocenters. The molecule has 1 aliphatic rings. The average Bonchev–Trinajstić information content (AvgIpc) is 2.63. The fourth-order valence-electron chi connectivity index (χ4n) is 1.96. The minimum Gasteiger partial charge on any atom is -0.367 e. The highest BCUT2D eigenvalue weighted by molar-refractivity contribution is 5.95. The number of nitrogens with zero attached hydrogens (tertiary/aromatic N) is 1. The number of H-pyrrole nitrogens is 1. The number of aryl methyl sites for hydroxylation is 1. The molecule has 1 aromatic rings. The summed E-state index contributed by atoms with van der Waals surface area (Å²) in [7, 11) is 0. The summed E-state index contributed by atoms with van der Waals surface area (Å²) in [4.78, 5) is 17.0. The number of aromatic nitrogens is 1. The highest BCUT2D eigenvalue weighted by atomic mass is 16.2. The number of amides is 1. The van der Waals surface area contributed by atoms with Crippen molar-refractivity contribution in [1.29, 1.82) is 0 Å². The third-order valence-corrected chi connectivity index (χ3v) is 2.84. The van der Waals surface area contributed by atoms with E-state index in [1.807, 2.05) is 18.0 Å². The van der Waals surface area contributed by atoms with Crippen LogP contribution in [0.1, 0.15) is 22.8 Å². The summed E-state index contributed by atoms with van der Waals surface area (Å²) in [6.07, 6.45) is 3.64. The van der Waals surface area contributed by atoms with Crippen LogP contribution < -0.4 is 5.32 Å². The SMILES string of the molecule is Cc1c[nH]cc1C(=O)N1CCNC(C)C1. The summed E-state index contributed by atoms with van der Waals surface area (Å²) in [5.74, 6) is 0.141. The Kier molecular flexibility index (Phi) is 2.77. The van der Waals surface area contributed by atoms with E-state index in [9.17, 15) is 4.79 Å². The Morgan fingerprint density at radius 3 is 2.93 bits per heavy atom. The van der Waals surface area contributed by atoms with Crippen molar-refractivity contribution in [2.24, 2.45) is 0 Å². The van der Waals surface area contributed by atoms with Gasteiger partial charge in [-0.25, -0.2) is 0 Å². The lowest BCUT2D eigenvalue weighted by Gasteiger charge is -2.31. The first-order valence-corrected chi connectivity index (χ1v) is 5.34. The molecule has 0 bridgehead atoms. The maximum atomic E-state index is 12.1. The van der Waals surface area contributed by atoms with Crippen molar-refractivity contribution in [1.82, 2.24) is 15.2 Å². The number of rotatable bonds is 1. The highest BCUT2D eigenvalue weighted by Gasteiger charge is 2.22. The van der Waals surface area contributed by atoms with E-state index in [0.717, 1.165) is 30.8 Å². The van der Waals surface area contributed by atoms with Gasteiger partial charge in [0, 0.05) is 38.1 Å². The zero-order valence-corrected chi connectivity index (χ0v) is 9.21. The van der Waals surface area contributed by atoms with Gasteiger partial charge >= 0.3 is 0 Å². The van der Waals surface area contributed by atoms with Gasteiger partial charge in [0.25, 0.3) is 5.91 Å². The second kappa shape index (κ2) is 4.06. The van der Waals surface area contributed by atoms with Crippen molar-refractivity contribution in [3.8, 4) is 0 Å². The molecule has 4 heteroatoms. The van der Waals surface area contributed by atoms with E-state index in [2.05, 4.69) is 17.2 Å². The Hall–Kier alpha value is -1.29. The molecule has 1 saturated heterocycles. The standard InChI is InChI=1S/C11H17N3O/c1-8-5-12-6-10(8)11(15)14-4-3-13-9(2)7-14/h5-6,9,12-13H,3-4,7H2,1-2H3. The number of hydrogen-bond donors (Lipinski definition) is 2. The Labute approximate surface area is 89.7 Å². The molecular weight excluding hydrogens is 190 g/mol. The molecule has 4 nitrogen and oxygen atoms in total. The minimum absolute atomic E-state index is 0.141. The molecule has 0 radical (unpaired) electrons. The first-order valence-electron chi connectivity index (χ1n) is 5.34. The summed E-state index contributed by atoms with van der Waals surface area (Å²) < 4.78 is 0. The van der Waals surface area contributed by atoms with Gasteiger partial charge in [-0.1, -0.05) is 0 Å². The molecule has 2 N–H and O–H groups in total. The van der Waals surface area contributed by atoms with Crippen LogP contribution in [0.4, 0.5) is 0 Å². The van der Waals surface area contributed by atoms with E-state index in [1.165, 1.54) is 0 Å². The van der Waals surface area contributed by atoms with Crippen molar-refractivity contribution in [3.05, 3.63) is 23.5 Å². The van der Waals surface area contributed by atoms with E-state index in [1.54, 1.807) is 6.20 Å². The first-order chi connectivity index (χ1) is 7.18. The molecule has 1 fully saturated rings. The molecule has 0 saturated carbocycles. The quantitative estimate of drug-likeness (QED) is 0.714. The fourth-order valence-corrected chi connectivity index (χ4v) is 1.96. The topological polar surface area (TPSA) is 48.1 Å². The Bertz CT molecular complexity index is 358. The van der Waals surface area contributed by atoms with Crippen LogP contribution in [-0.4, -0.2) is 41.5 Å². The average molecular weight is 207 g/mol. The van der Waals surface area contributed by atoms with Crippen molar-refractivity contribution < 1.29 is 4.79 Å². The van der Waals surface area contributed by atoms with Crippen LogP contribution in [0.2, 0.25) is 0 Å². The van der Waals surface area contributed by atoms with Crippen LogP contribution in [0.15, 0.2) is 12.4 Å². The monoisotopic (exact) mass is 207 g/mol. The maximum absolute atomic E-state index is 12.1. The predicted molar refractivity (Wildman–Crippen MR) is 58.9 cm³/mol. The molecule has 0 aromatic carbocycles. The number of hydrogen-bond acceptors (Lipinski definition) is 2.